The van der Waals surface area contributed by atoms with Gasteiger partial charge >= 0.3 is 12.0 Å². The van der Waals surface area contributed by atoms with Crippen LogP contribution in [0.2, 0.25) is 0 Å². The van der Waals surface area contributed by atoms with Gasteiger partial charge in [0.2, 0.25) is 0 Å². The minimum atomic E-state index is -4.48. The van der Waals surface area contributed by atoms with E-state index < -0.39 is 38.6 Å². The van der Waals surface area contributed by atoms with Gasteiger partial charge in [-0.1, -0.05) is 30.3 Å². The van der Waals surface area contributed by atoms with Crippen LogP contribution in [0.4, 0.5) is 10.5 Å². The molecule has 2 amide bonds. The molecular weight excluding hydrogens is 402 g/mol. The smallest absolute Gasteiger partial charge is 0.336 e. The van der Waals surface area contributed by atoms with Crippen LogP contribution in [-0.2, 0) is 14.8 Å². The third kappa shape index (κ3) is 3.55. The van der Waals surface area contributed by atoms with Gasteiger partial charge in [-0.15, -0.1) is 0 Å². The topological polar surface area (TPSA) is 147 Å². The van der Waals surface area contributed by atoms with E-state index in [1.165, 1.54) is 49.4 Å². The first kappa shape index (κ1) is 20.0. The first-order valence-corrected chi connectivity index (χ1v) is 9.67. The molecule has 1 unspecified atom stereocenters. The lowest BCUT2D eigenvalue weighted by molar-refractivity contribution is -0.384. The van der Waals surface area contributed by atoms with Crippen LogP contribution in [0, 0.1) is 10.1 Å². The Balaban J connectivity index is 2.29. The molecule has 0 saturated carbocycles. The molecule has 1 aliphatic heterocycles. The van der Waals surface area contributed by atoms with Gasteiger partial charge in [0.15, 0.2) is 0 Å². The highest BCUT2D eigenvalue weighted by molar-refractivity contribution is 7.89. The number of allylic oxidation sites excluding steroid dienone is 1. The maximum Gasteiger partial charge on any atom is 0.336 e. The second kappa shape index (κ2) is 7.36. The minimum Gasteiger partial charge on any atom is -0.478 e. The lowest BCUT2D eigenvalue weighted by Gasteiger charge is -2.36. The van der Waals surface area contributed by atoms with Crippen molar-refractivity contribution in [3.63, 3.8) is 0 Å². The van der Waals surface area contributed by atoms with Crippen LogP contribution in [0.1, 0.15) is 18.5 Å². The van der Waals surface area contributed by atoms with Gasteiger partial charge < -0.3 is 10.4 Å². The average Bonchev–Trinajstić information content (AvgIpc) is 2.67. The highest BCUT2D eigenvalue weighted by Gasteiger charge is 2.45. The summed E-state index contributed by atoms with van der Waals surface area (Å²) >= 11 is 0. The Morgan fingerprint density at radius 3 is 2.41 bits per heavy atom. The normalized spacial score (nSPS) is 17.1. The number of hydrogen-bond donors (Lipinski definition) is 2. The third-order valence-electron chi connectivity index (χ3n) is 4.33. The van der Waals surface area contributed by atoms with E-state index in [4.69, 9.17) is 0 Å². The summed E-state index contributed by atoms with van der Waals surface area (Å²) in [6, 6.07) is 9.22. The minimum absolute atomic E-state index is 0.0229. The number of nitrogens with one attached hydrogen (secondary N) is 1. The molecule has 0 spiro atoms. The number of carboxylic acids is 1. The zero-order valence-electron chi connectivity index (χ0n) is 15.0. The molecule has 0 aliphatic carbocycles. The van der Waals surface area contributed by atoms with Crippen molar-refractivity contribution >= 4 is 27.7 Å². The molecule has 1 aliphatic rings. The summed E-state index contributed by atoms with van der Waals surface area (Å²) in [5.74, 6) is -1.47. The van der Waals surface area contributed by atoms with Crippen LogP contribution in [0.25, 0.3) is 0 Å². The molecule has 2 aromatic carbocycles. The summed E-state index contributed by atoms with van der Waals surface area (Å²) in [5, 5.41) is 23.1. The Hall–Kier alpha value is -3.73. The van der Waals surface area contributed by atoms with E-state index in [-0.39, 0.29) is 21.8 Å². The summed E-state index contributed by atoms with van der Waals surface area (Å²) in [7, 11) is -4.48. The van der Waals surface area contributed by atoms with E-state index in [9.17, 15) is 33.2 Å². The summed E-state index contributed by atoms with van der Waals surface area (Å²) < 4.78 is 26.8. The predicted octanol–water partition coefficient (Wildman–Crippen LogP) is 2.41. The number of urea groups is 1. The second-order valence-corrected chi connectivity index (χ2v) is 7.96. The van der Waals surface area contributed by atoms with Crippen LogP contribution in [0.15, 0.2) is 70.8 Å². The predicted molar refractivity (Wildman–Crippen MR) is 100 cm³/mol. The number of nitrogens with zero attached hydrogens (tertiary/aromatic N) is 2. The van der Waals surface area contributed by atoms with Gasteiger partial charge in [0, 0.05) is 17.8 Å². The Morgan fingerprint density at radius 1 is 1.17 bits per heavy atom. The van der Waals surface area contributed by atoms with E-state index >= 15 is 0 Å². The Morgan fingerprint density at radius 2 is 1.83 bits per heavy atom. The van der Waals surface area contributed by atoms with E-state index in [1.54, 1.807) is 6.07 Å². The van der Waals surface area contributed by atoms with Crippen LogP contribution >= 0.6 is 0 Å². The second-order valence-electron chi connectivity index (χ2n) is 6.14. The Labute approximate surface area is 165 Å². The number of benzene rings is 2. The zero-order chi connectivity index (χ0) is 21.3. The highest BCUT2D eigenvalue weighted by Crippen LogP contribution is 2.38. The molecule has 0 radical (unpaired) electrons. The molecule has 150 valence electrons. The number of aliphatic carboxylic acids is 1. The average molecular weight is 417 g/mol. The van der Waals surface area contributed by atoms with Crippen LogP contribution in [0.5, 0.6) is 0 Å². The molecule has 1 heterocycles. The fourth-order valence-corrected chi connectivity index (χ4v) is 4.56. The third-order valence-corrected chi connectivity index (χ3v) is 6.10. The number of carboxylic acid groups (broad SMARTS) is 1. The molecule has 2 N–H and O–H groups in total. The molecule has 11 heteroatoms. The fraction of sp³-hybridized carbons (Fsp3) is 0.111. The number of carbonyl (C=O) groups is 2. The molecule has 0 aromatic heterocycles. The molecule has 3 rings (SSSR count). The van der Waals surface area contributed by atoms with E-state index in [0.717, 1.165) is 6.07 Å². The number of sulfonamides is 1. The van der Waals surface area contributed by atoms with E-state index in [0.29, 0.717) is 4.31 Å². The van der Waals surface area contributed by atoms with Crippen molar-refractivity contribution in [2.24, 2.45) is 0 Å². The zero-order valence-corrected chi connectivity index (χ0v) is 15.8. The lowest BCUT2D eigenvalue weighted by Crippen LogP contribution is -2.51. The van der Waals surface area contributed by atoms with Crippen molar-refractivity contribution in [3.8, 4) is 0 Å². The molecular formula is C18H15N3O7S. The first-order chi connectivity index (χ1) is 13.6. The fourth-order valence-electron chi connectivity index (χ4n) is 3.06. The first-order valence-electron chi connectivity index (χ1n) is 8.23. The molecule has 29 heavy (non-hydrogen) atoms. The molecule has 10 nitrogen and oxygen atoms in total. The summed E-state index contributed by atoms with van der Waals surface area (Å²) in [5.41, 5.74) is -0.860. The van der Waals surface area contributed by atoms with E-state index in [2.05, 4.69) is 5.32 Å². The molecule has 1 atom stereocenters. The number of hydrogen-bond acceptors (Lipinski definition) is 6. The summed E-state index contributed by atoms with van der Waals surface area (Å²) in [4.78, 5) is 34.8. The van der Waals surface area contributed by atoms with Crippen molar-refractivity contribution < 1.29 is 28.0 Å². The van der Waals surface area contributed by atoms with Gasteiger partial charge in [-0.3, -0.25) is 10.1 Å². The Bertz CT molecular complexity index is 1140. The van der Waals surface area contributed by atoms with Gasteiger partial charge in [-0.05, 0) is 24.6 Å². The summed E-state index contributed by atoms with van der Waals surface area (Å²) in [6.07, 6.45) is 0. The number of nitro benzene ring substituents is 1. The van der Waals surface area contributed by atoms with Crippen LogP contribution in [-0.4, -0.2) is 34.8 Å². The molecule has 0 bridgehead atoms. The van der Waals surface area contributed by atoms with Gasteiger partial charge in [-0.25, -0.2) is 22.3 Å². The summed E-state index contributed by atoms with van der Waals surface area (Å²) in [6.45, 7) is 1.32. The standard InChI is InChI=1S/C18H15N3O7S/c1-11-15(17(22)23)16(12-6-5-7-13(10-12)21(25)26)20(18(24)19-11)29(27,28)14-8-3-2-4-9-14/h2-10,16H,1H3,(H,19,24)(H,22,23). The number of rotatable bonds is 5. The number of nitro groups is 1. The van der Waals surface area contributed by atoms with Gasteiger partial charge in [-0.2, -0.15) is 0 Å². The van der Waals surface area contributed by atoms with Crippen LogP contribution in [0.3, 0.4) is 0 Å². The lowest BCUT2D eigenvalue weighted by atomic mass is 9.95. The number of carbonyl (C=O) groups excluding carboxylic acids is 1. The van der Waals surface area contributed by atoms with Gasteiger partial charge in [0.1, 0.15) is 6.04 Å². The Kier molecular flexibility index (Phi) is 5.08. The maximum absolute atomic E-state index is 13.2. The van der Waals surface area contributed by atoms with Crippen molar-refractivity contribution in [1.82, 2.24) is 9.62 Å². The molecule has 0 fully saturated rings. The number of non-ortho nitro benzene ring substituents is 1. The molecule has 2 aromatic rings. The SMILES string of the molecule is CC1=C(C(=O)O)C(c2cccc([N+](=O)[O-])c2)N(S(=O)(=O)c2ccccc2)C(=O)N1. The van der Waals surface area contributed by atoms with Gasteiger partial charge in [0.05, 0.1) is 15.4 Å². The number of amides is 2. The van der Waals surface area contributed by atoms with Crippen molar-refractivity contribution in [1.29, 1.82) is 0 Å². The van der Waals surface area contributed by atoms with E-state index in [1.807, 2.05) is 0 Å². The monoisotopic (exact) mass is 417 g/mol. The largest absolute Gasteiger partial charge is 0.478 e. The highest BCUT2D eigenvalue weighted by atomic mass is 32.2. The van der Waals surface area contributed by atoms with Gasteiger partial charge in [0.25, 0.3) is 15.7 Å². The van der Waals surface area contributed by atoms with Crippen molar-refractivity contribution in [3.05, 3.63) is 81.5 Å². The van der Waals surface area contributed by atoms with Crippen molar-refractivity contribution in [2.45, 2.75) is 17.9 Å². The quantitative estimate of drug-likeness (QED) is 0.561. The molecule has 0 saturated heterocycles. The van der Waals surface area contributed by atoms with Crippen LogP contribution < -0.4 is 5.32 Å². The maximum atomic E-state index is 13.2. The van der Waals surface area contributed by atoms with Crippen molar-refractivity contribution in [2.75, 3.05) is 0 Å².